The Bertz CT molecular complexity index is 690. The number of rotatable bonds is 1. The fourth-order valence-electron chi connectivity index (χ4n) is 1.74. The van der Waals surface area contributed by atoms with Gasteiger partial charge in [-0.05, 0) is 25.1 Å². The minimum Gasteiger partial charge on any atom is -0.353 e. The van der Waals surface area contributed by atoms with Gasteiger partial charge in [-0.25, -0.2) is 15.0 Å². The lowest BCUT2D eigenvalue weighted by atomic mass is 10.2. The number of nitrogens with zero attached hydrogens (tertiary/aromatic N) is 3. The summed E-state index contributed by atoms with van der Waals surface area (Å²) in [7, 11) is 0. The maximum absolute atomic E-state index is 5.84. The van der Waals surface area contributed by atoms with Crippen molar-refractivity contribution in [3.8, 4) is 11.4 Å². The van der Waals surface area contributed by atoms with E-state index in [9.17, 15) is 0 Å². The summed E-state index contributed by atoms with van der Waals surface area (Å²) < 4.78 is 0. The van der Waals surface area contributed by atoms with E-state index in [0.29, 0.717) is 5.15 Å². The van der Waals surface area contributed by atoms with Gasteiger partial charge in [0, 0.05) is 17.3 Å². The zero-order chi connectivity index (χ0) is 11.8. The average molecular weight is 245 g/mol. The largest absolute Gasteiger partial charge is 0.353 e. The summed E-state index contributed by atoms with van der Waals surface area (Å²) in [5, 5.41) is 1.49. The van der Waals surface area contributed by atoms with Gasteiger partial charge in [0.15, 0.2) is 0 Å². The zero-order valence-electron chi connectivity index (χ0n) is 9.11. The molecule has 0 saturated heterocycles. The maximum atomic E-state index is 5.84. The molecule has 1 N–H and O–H groups in total. The van der Waals surface area contributed by atoms with Gasteiger partial charge in [-0.15, -0.1) is 0 Å². The Morgan fingerprint density at radius 2 is 2.00 bits per heavy atom. The van der Waals surface area contributed by atoms with E-state index in [1.54, 1.807) is 18.6 Å². The van der Waals surface area contributed by atoms with Gasteiger partial charge >= 0.3 is 0 Å². The molecular formula is C12H9ClN4. The van der Waals surface area contributed by atoms with E-state index in [2.05, 4.69) is 19.9 Å². The van der Waals surface area contributed by atoms with Gasteiger partial charge in [0.2, 0.25) is 0 Å². The number of halogens is 1. The highest BCUT2D eigenvalue weighted by Gasteiger charge is 2.05. The summed E-state index contributed by atoms with van der Waals surface area (Å²) in [5.41, 5.74) is 3.69. The normalized spacial score (nSPS) is 10.9. The van der Waals surface area contributed by atoms with Gasteiger partial charge in [-0.1, -0.05) is 11.6 Å². The van der Waals surface area contributed by atoms with Crippen LogP contribution in [0, 0.1) is 6.92 Å². The number of pyridine rings is 1. The molecule has 0 amide bonds. The molecule has 0 aliphatic heterocycles. The third-order valence-electron chi connectivity index (χ3n) is 2.55. The van der Waals surface area contributed by atoms with Crippen molar-refractivity contribution in [2.24, 2.45) is 0 Å². The van der Waals surface area contributed by atoms with Crippen LogP contribution in [0.1, 0.15) is 5.69 Å². The van der Waals surface area contributed by atoms with Crippen LogP contribution in [-0.4, -0.2) is 19.9 Å². The third-order valence-corrected chi connectivity index (χ3v) is 2.76. The molecular weight excluding hydrogens is 236 g/mol. The predicted molar refractivity (Wildman–Crippen MR) is 66.9 cm³/mol. The number of hydrogen-bond acceptors (Lipinski definition) is 3. The SMILES string of the molecule is Cc1cc(-c2cc3cnc(Cl)cc3[nH]2)ncn1. The Kier molecular flexibility index (Phi) is 2.30. The summed E-state index contributed by atoms with van der Waals surface area (Å²) in [5.74, 6) is 0. The fourth-order valence-corrected chi connectivity index (χ4v) is 1.90. The van der Waals surface area contributed by atoms with Crippen molar-refractivity contribution in [2.45, 2.75) is 6.92 Å². The van der Waals surface area contributed by atoms with Crippen LogP contribution in [0.25, 0.3) is 22.3 Å². The van der Waals surface area contributed by atoms with Crippen LogP contribution in [0.2, 0.25) is 5.15 Å². The molecule has 17 heavy (non-hydrogen) atoms. The molecule has 84 valence electrons. The number of H-pyrrole nitrogens is 1. The van der Waals surface area contributed by atoms with E-state index in [0.717, 1.165) is 28.0 Å². The Labute approximate surface area is 103 Å². The molecule has 0 aliphatic carbocycles. The lowest BCUT2D eigenvalue weighted by molar-refractivity contribution is 1.10. The maximum Gasteiger partial charge on any atom is 0.131 e. The van der Waals surface area contributed by atoms with Crippen LogP contribution in [0.5, 0.6) is 0 Å². The fraction of sp³-hybridized carbons (Fsp3) is 0.0833. The van der Waals surface area contributed by atoms with Crippen molar-refractivity contribution < 1.29 is 0 Å². The Hall–Kier alpha value is -1.94. The lowest BCUT2D eigenvalue weighted by Gasteiger charge is -1.96. The Morgan fingerprint density at radius 1 is 1.12 bits per heavy atom. The second-order valence-corrected chi connectivity index (χ2v) is 4.21. The van der Waals surface area contributed by atoms with Crippen LogP contribution in [0.3, 0.4) is 0 Å². The van der Waals surface area contributed by atoms with Gasteiger partial charge in [0.05, 0.1) is 16.9 Å². The summed E-state index contributed by atoms with van der Waals surface area (Å²) >= 11 is 5.84. The summed E-state index contributed by atoms with van der Waals surface area (Å²) in [6.45, 7) is 1.94. The van der Waals surface area contributed by atoms with Crippen molar-refractivity contribution in [3.05, 3.63) is 41.6 Å². The van der Waals surface area contributed by atoms with E-state index in [-0.39, 0.29) is 0 Å². The first kappa shape index (κ1) is 10.2. The van der Waals surface area contributed by atoms with Crippen molar-refractivity contribution in [3.63, 3.8) is 0 Å². The number of hydrogen-bond donors (Lipinski definition) is 1. The van der Waals surface area contributed by atoms with Gasteiger partial charge in [0.25, 0.3) is 0 Å². The minimum absolute atomic E-state index is 0.477. The zero-order valence-corrected chi connectivity index (χ0v) is 9.86. The van der Waals surface area contributed by atoms with Crippen LogP contribution >= 0.6 is 11.6 Å². The second-order valence-electron chi connectivity index (χ2n) is 3.82. The average Bonchev–Trinajstić information content (AvgIpc) is 2.72. The highest BCUT2D eigenvalue weighted by molar-refractivity contribution is 6.30. The predicted octanol–water partition coefficient (Wildman–Crippen LogP) is 2.98. The molecule has 0 unspecified atom stereocenters. The van der Waals surface area contributed by atoms with Gasteiger partial charge in [-0.3, -0.25) is 0 Å². The standard InChI is InChI=1S/C12H9ClN4/c1-7-2-10(16-6-15-7)11-3-8-5-14-12(13)4-9(8)17-11/h2-6,17H,1H3. The second kappa shape index (κ2) is 3.82. The lowest BCUT2D eigenvalue weighted by Crippen LogP contribution is -1.87. The Morgan fingerprint density at radius 3 is 2.82 bits per heavy atom. The molecule has 0 saturated carbocycles. The minimum atomic E-state index is 0.477. The highest BCUT2D eigenvalue weighted by atomic mass is 35.5. The van der Waals surface area contributed by atoms with Crippen LogP contribution in [0.4, 0.5) is 0 Å². The summed E-state index contributed by atoms with van der Waals surface area (Å²) in [4.78, 5) is 15.6. The number of fused-ring (bicyclic) bond motifs is 1. The molecule has 0 fully saturated rings. The number of nitrogens with one attached hydrogen (secondary N) is 1. The van der Waals surface area contributed by atoms with Gasteiger partial charge in [-0.2, -0.15) is 0 Å². The van der Waals surface area contributed by atoms with Crippen molar-refractivity contribution in [1.82, 2.24) is 19.9 Å². The van der Waals surface area contributed by atoms with E-state index in [4.69, 9.17) is 11.6 Å². The van der Waals surface area contributed by atoms with Crippen molar-refractivity contribution in [2.75, 3.05) is 0 Å². The van der Waals surface area contributed by atoms with Crippen molar-refractivity contribution >= 4 is 22.5 Å². The molecule has 3 aromatic heterocycles. The summed E-state index contributed by atoms with van der Waals surface area (Å²) in [6, 6.07) is 5.73. The Balaban J connectivity index is 2.18. The molecule has 5 heteroatoms. The highest BCUT2D eigenvalue weighted by Crippen LogP contribution is 2.23. The molecule has 4 nitrogen and oxygen atoms in total. The molecule has 0 aliphatic rings. The molecule has 3 heterocycles. The smallest absolute Gasteiger partial charge is 0.131 e. The van der Waals surface area contributed by atoms with Crippen LogP contribution in [0.15, 0.2) is 30.7 Å². The number of aromatic amines is 1. The van der Waals surface area contributed by atoms with E-state index in [1.165, 1.54) is 0 Å². The molecule has 0 spiro atoms. The van der Waals surface area contributed by atoms with E-state index in [1.807, 2.05) is 19.1 Å². The first-order valence-corrected chi connectivity index (χ1v) is 5.53. The molecule has 3 aromatic rings. The van der Waals surface area contributed by atoms with E-state index >= 15 is 0 Å². The molecule has 0 bridgehead atoms. The first-order chi connectivity index (χ1) is 8.22. The van der Waals surface area contributed by atoms with Gasteiger partial charge < -0.3 is 4.98 Å². The number of aryl methyl sites for hydroxylation is 1. The van der Waals surface area contributed by atoms with Crippen molar-refractivity contribution in [1.29, 1.82) is 0 Å². The number of aromatic nitrogens is 4. The van der Waals surface area contributed by atoms with Crippen LogP contribution in [-0.2, 0) is 0 Å². The summed E-state index contributed by atoms with van der Waals surface area (Å²) in [6.07, 6.45) is 3.30. The molecule has 0 radical (unpaired) electrons. The van der Waals surface area contributed by atoms with Gasteiger partial charge in [0.1, 0.15) is 11.5 Å². The topological polar surface area (TPSA) is 54.5 Å². The molecule has 3 rings (SSSR count). The van der Waals surface area contributed by atoms with E-state index < -0.39 is 0 Å². The monoisotopic (exact) mass is 244 g/mol. The molecule has 0 atom stereocenters. The van der Waals surface area contributed by atoms with Crippen LogP contribution < -0.4 is 0 Å². The first-order valence-electron chi connectivity index (χ1n) is 5.16. The third kappa shape index (κ3) is 1.87. The molecule has 0 aromatic carbocycles. The quantitative estimate of drug-likeness (QED) is 0.670.